The van der Waals surface area contributed by atoms with Gasteiger partial charge in [-0.25, -0.2) is 9.97 Å². The zero-order valence-corrected chi connectivity index (χ0v) is 14.1. The minimum absolute atomic E-state index is 0.497. The molecule has 4 nitrogen and oxygen atoms in total. The van der Waals surface area contributed by atoms with Crippen LogP contribution in [-0.2, 0) is 11.3 Å². The maximum atomic E-state index is 5.22. The molecule has 0 saturated heterocycles. The molecule has 0 aliphatic carbocycles. The van der Waals surface area contributed by atoms with Crippen LogP contribution in [0.25, 0.3) is 10.7 Å². The van der Waals surface area contributed by atoms with Crippen molar-refractivity contribution < 1.29 is 4.74 Å². The van der Waals surface area contributed by atoms with Gasteiger partial charge >= 0.3 is 0 Å². The Morgan fingerprint density at radius 2 is 2.16 bits per heavy atom. The molecule has 0 fully saturated rings. The molecule has 2 rings (SSSR count). The average Bonchev–Trinajstić information content (AvgIpc) is 2.81. The molecule has 0 amide bonds. The topological polar surface area (TPSA) is 47.0 Å². The summed E-state index contributed by atoms with van der Waals surface area (Å²) in [7, 11) is 1.68. The van der Waals surface area contributed by atoms with E-state index in [0.717, 1.165) is 32.3 Å². The number of thiophene rings is 1. The summed E-state index contributed by atoms with van der Waals surface area (Å²) in [6.45, 7) is 5.48. The van der Waals surface area contributed by atoms with E-state index in [1.807, 2.05) is 0 Å². The fourth-order valence-corrected chi connectivity index (χ4v) is 3.06. The van der Waals surface area contributed by atoms with E-state index in [1.165, 1.54) is 4.88 Å². The Balaban J connectivity index is 2.48. The van der Waals surface area contributed by atoms with E-state index in [0.29, 0.717) is 6.61 Å². The van der Waals surface area contributed by atoms with Crippen LogP contribution in [0.1, 0.15) is 17.5 Å². The standard InChI is InChI=1S/C13H16IN3OS/c1-4-15-13-11(14)9(7-18-3)16-12(17-13)10-6-5-8(2)19-10/h5-6H,4,7H2,1-3H3,(H,15,16,17). The van der Waals surface area contributed by atoms with Crippen LogP contribution in [0, 0.1) is 10.5 Å². The van der Waals surface area contributed by atoms with Crippen LogP contribution in [0.5, 0.6) is 0 Å². The number of hydrogen-bond donors (Lipinski definition) is 1. The third kappa shape index (κ3) is 3.43. The Bertz CT molecular complexity index is 544. The first-order valence-corrected chi connectivity index (χ1v) is 7.91. The minimum Gasteiger partial charge on any atom is -0.378 e. The molecule has 1 N–H and O–H groups in total. The van der Waals surface area contributed by atoms with Gasteiger partial charge in [-0.3, -0.25) is 0 Å². The molecule has 0 radical (unpaired) electrons. The number of rotatable bonds is 5. The van der Waals surface area contributed by atoms with Crippen molar-refractivity contribution in [2.24, 2.45) is 0 Å². The Morgan fingerprint density at radius 1 is 1.37 bits per heavy atom. The van der Waals surface area contributed by atoms with Crippen molar-refractivity contribution in [2.45, 2.75) is 20.5 Å². The van der Waals surface area contributed by atoms with E-state index in [1.54, 1.807) is 18.4 Å². The Kier molecular flexibility index (Phi) is 5.12. The van der Waals surface area contributed by atoms with Gasteiger partial charge in [-0.15, -0.1) is 11.3 Å². The Morgan fingerprint density at radius 3 is 2.74 bits per heavy atom. The zero-order chi connectivity index (χ0) is 13.8. The lowest BCUT2D eigenvalue weighted by Crippen LogP contribution is -2.08. The smallest absolute Gasteiger partial charge is 0.172 e. The van der Waals surface area contributed by atoms with E-state index < -0.39 is 0 Å². The quantitative estimate of drug-likeness (QED) is 0.793. The molecule has 2 aromatic rings. The van der Waals surface area contributed by atoms with Gasteiger partial charge in [-0.1, -0.05) is 0 Å². The fraction of sp³-hybridized carbons (Fsp3) is 0.385. The van der Waals surface area contributed by atoms with Gasteiger partial charge in [0, 0.05) is 18.5 Å². The number of methoxy groups -OCH3 is 1. The molecule has 0 unspecified atom stereocenters. The van der Waals surface area contributed by atoms with Gasteiger partial charge in [-0.05, 0) is 48.6 Å². The van der Waals surface area contributed by atoms with Crippen LogP contribution in [0.2, 0.25) is 0 Å². The van der Waals surface area contributed by atoms with Crippen molar-refractivity contribution in [1.29, 1.82) is 0 Å². The second-order valence-corrected chi connectivity index (χ2v) is 6.40. The molecular formula is C13H16IN3OS. The van der Waals surface area contributed by atoms with Crippen LogP contribution in [0.3, 0.4) is 0 Å². The summed E-state index contributed by atoms with van der Waals surface area (Å²) in [5.74, 6) is 1.65. The molecule has 0 aliphatic rings. The maximum absolute atomic E-state index is 5.22. The number of nitrogens with zero attached hydrogens (tertiary/aromatic N) is 2. The summed E-state index contributed by atoms with van der Waals surface area (Å²) in [5.41, 5.74) is 0.926. The molecule has 2 heterocycles. The molecule has 0 saturated carbocycles. The molecule has 0 aromatic carbocycles. The minimum atomic E-state index is 0.497. The van der Waals surface area contributed by atoms with Gasteiger partial charge in [0.05, 0.1) is 20.7 Å². The average molecular weight is 389 g/mol. The molecule has 6 heteroatoms. The summed E-state index contributed by atoms with van der Waals surface area (Å²) in [6, 6.07) is 4.15. The number of aryl methyl sites for hydroxylation is 1. The second kappa shape index (κ2) is 6.62. The van der Waals surface area contributed by atoms with Gasteiger partial charge in [0.15, 0.2) is 5.82 Å². The van der Waals surface area contributed by atoms with Crippen molar-refractivity contribution >= 4 is 39.7 Å². The summed E-state index contributed by atoms with van der Waals surface area (Å²) in [4.78, 5) is 11.6. The number of anilines is 1. The molecular weight excluding hydrogens is 373 g/mol. The van der Waals surface area contributed by atoms with E-state index in [4.69, 9.17) is 4.74 Å². The molecule has 102 valence electrons. The van der Waals surface area contributed by atoms with Gasteiger partial charge in [0.1, 0.15) is 5.82 Å². The van der Waals surface area contributed by atoms with Gasteiger partial charge in [0.2, 0.25) is 0 Å². The predicted molar refractivity (Wildman–Crippen MR) is 87.7 cm³/mol. The molecule has 0 bridgehead atoms. The van der Waals surface area contributed by atoms with E-state index in [-0.39, 0.29) is 0 Å². The van der Waals surface area contributed by atoms with Crippen molar-refractivity contribution in [3.63, 3.8) is 0 Å². The highest BCUT2D eigenvalue weighted by molar-refractivity contribution is 14.1. The van der Waals surface area contributed by atoms with Gasteiger partial charge in [-0.2, -0.15) is 0 Å². The van der Waals surface area contributed by atoms with Crippen molar-refractivity contribution in [2.75, 3.05) is 19.0 Å². The zero-order valence-electron chi connectivity index (χ0n) is 11.2. The summed E-state index contributed by atoms with van der Waals surface area (Å²) in [5, 5.41) is 3.28. The third-order valence-corrected chi connectivity index (χ3v) is 4.64. The summed E-state index contributed by atoms with van der Waals surface area (Å²) < 4.78 is 6.24. The highest BCUT2D eigenvalue weighted by atomic mass is 127. The Labute approximate surface area is 130 Å². The van der Waals surface area contributed by atoms with Crippen molar-refractivity contribution in [3.8, 4) is 10.7 Å². The van der Waals surface area contributed by atoms with Crippen LogP contribution in [-0.4, -0.2) is 23.6 Å². The number of nitrogens with one attached hydrogen (secondary N) is 1. The lowest BCUT2D eigenvalue weighted by atomic mass is 10.3. The maximum Gasteiger partial charge on any atom is 0.172 e. The van der Waals surface area contributed by atoms with Gasteiger partial charge < -0.3 is 10.1 Å². The SMILES string of the molecule is CCNc1nc(-c2ccc(C)s2)nc(COC)c1I. The first-order valence-electron chi connectivity index (χ1n) is 6.01. The second-order valence-electron chi connectivity index (χ2n) is 4.03. The monoisotopic (exact) mass is 389 g/mol. The molecule has 2 aromatic heterocycles. The number of halogens is 1. The summed E-state index contributed by atoms with van der Waals surface area (Å²) >= 11 is 3.97. The van der Waals surface area contributed by atoms with Crippen LogP contribution < -0.4 is 5.32 Å². The number of hydrogen-bond acceptors (Lipinski definition) is 5. The third-order valence-electron chi connectivity index (χ3n) is 2.51. The first kappa shape index (κ1) is 14.7. The molecule has 0 atom stereocenters. The predicted octanol–water partition coefficient (Wildman–Crippen LogP) is 3.70. The Hall–Kier alpha value is -0.730. The van der Waals surface area contributed by atoms with Crippen LogP contribution >= 0.6 is 33.9 Å². The van der Waals surface area contributed by atoms with Crippen molar-refractivity contribution in [3.05, 3.63) is 26.3 Å². The number of aromatic nitrogens is 2. The van der Waals surface area contributed by atoms with Gasteiger partial charge in [0.25, 0.3) is 0 Å². The normalized spacial score (nSPS) is 10.7. The summed E-state index contributed by atoms with van der Waals surface area (Å²) in [6.07, 6.45) is 0. The lowest BCUT2D eigenvalue weighted by Gasteiger charge is -2.11. The molecule has 0 spiro atoms. The fourth-order valence-electron chi connectivity index (χ4n) is 1.68. The van der Waals surface area contributed by atoms with E-state index in [2.05, 4.69) is 63.9 Å². The highest BCUT2D eigenvalue weighted by Crippen LogP contribution is 2.28. The molecule has 19 heavy (non-hydrogen) atoms. The van der Waals surface area contributed by atoms with Crippen LogP contribution in [0.4, 0.5) is 5.82 Å². The molecule has 0 aliphatic heterocycles. The number of ether oxygens (including phenoxy) is 1. The van der Waals surface area contributed by atoms with Crippen LogP contribution in [0.15, 0.2) is 12.1 Å². The van der Waals surface area contributed by atoms with Crippen molar-refractivity contribution in [1.82, 2.24) is 9.97 Å². The first-order chi connectivity index (χ1) is 9.15. The lowest BCUT2D eigenvalue weighted by molar-refractivity contribution is 0.181. The highest BCUT2D eigenvalue weighted by Gasteiger charge is 2.13. The van der Waals surface area contributed by atoms with E-state index >= 15 is 0 Å². The van der Waals surface area contributed by atoms with E-state index in [9.17, 15) is 0 Å². The largest absolute Gasteiger partial charge is 0.378 e.